The van der Waals surface area contributed by atoms with Gasteiger partial charge in [0, 0.05) is 30.5 Å². The van der Waals surface area contributed by atoms with Gasteiger partial charge in [-0.05, 0) is 17.7 Å². The van der Waals surface area contributed by atoms with E-state index in [9.17, 15) is 4.79 Å². The van der Waals surface area contributed by atoms with Crippen molar-refractivity contribution in [2.75, 3.05) is 29.7 Å². The van der Waals surface area contributed by atoms with Gasteiger partial charge in [0.05, 0.1) is 0 Å². The highest BCUT2D eigenvalue weighted by Gasteiger charge is 2.14. The lowest BCUT2D eigenvalue weighted by Crippen LogP contribution is -2.27. The van der Waals surface area contributed by atoms with E-state index in [1.165, 1.54) is 0 Å². The molecule has 0 aliphatic rings. The number of alkyl halides is 2. The molecular weight excluding hydrogens is 275 g/mol. The van der Waals surface area contributed by atoms with Crippen LogP contribution in [-0.2, 0) is 4.79 Å². The number of aliphatic carboxylic acids is 1. The quantitative estimate of drug-likeness (QED) is 0.755. The van der Waals surface area contributed by atoms with E-state index in [4.69, 9.17) is 34.0 Å². The van der Waals surface area contributed by atoms with Gasteiger partial charge in [-0.3, -0.25) is 4.79 Å². The minimum Gasteiger partial charge on any atom is -0.480 e. The smallest absolute Gasteiger partial charge is 0.325 e. The molecule has 0 spiro atoms. The maximum absolute atomic E-state index is 10.8. The minimum absolute atomic E-state index is 0.507. The summed E-state index contributed by atoms with van der Waals surface area (Å²) in [5.74, 6) is -0.0262. The Labute approximate surface area is 116 Å². The molecule has 0 aliphatic carbocycles. The zero-order chi connectivity index (χ0) is 13.5. The SMILES string of the molecule is NC(C(=O)O)c1ccc(N(CCCl)CCCl)cc1. The number of anilines is 1. The normalized spacial score (nSPS) is 12.2. The van der Waals surface area contributed by atoms with E-state index >= 15 is 0 Å². The molecule has 4 nitrogen and oxygen atoms in total. The van der Waals surface area contributed by atoms with Gasteiger partial charge in [0.15, 0.2) is 0 Å². The van der Waals surface area contributed by atoms with Crippen molar-refractivity contribution in [3.05, 3.63) is 29.8 Å². The van der Waals surface area contributed by atoms with Gasteiger partial charge in [0.1, 0.15) is 6.04 Å². The fourth-order valence-electron chi connectivity index (χ4n) is 1.61. The molecule has 0 aromatic heterocycles. The molecule has 3 N–H and O–H groups in total. The summed E-state index contributed by atoms with van der Waals surface area (Å²) in [7, 11) is 0. The summed E-state index contributed by atoms with van der Waals surface area (Å²) < 4.78 is 0. The molecule has 0 heterocycles. The van der Waals surface area contributed by atoms with Gasteiger partial charge in [0.2, 0.25) is 0 Å². The molecule has 1 unspecified atom stereocenters. The van der Waals surface area contributed by atoms with E-state index < -0.39 is 12.0 Å². The Morgan fingerprint density at radius 1 is 1.22 bits per heavy atom. The van der Waals surface area contributed by atoms with Crippen LogP contribution in [0, 0.1) is 0 Å². The lowest BCUT2D eigenvalue weighted by atomic mass is 10.1. The van der Waals surface area contributed by atoms with Crippen molar-refractivity contribution in [3.63, 3.8) is 0 Å². The van der Waals surface area contributed by atoms with Gasteiger partial charge in [-0.2, -0.15) is 0 Å². The van der Waals surface area contributed by atoms with Crippen LogP contribution in [0.15, 0.2) is 24.3 Å². The van der Waals surface area contributed by atoms with E-state index in [0.29, 0.717) is 30.4 Å². The van der Waals surface area contributed by atoms with Crippen molar-refractivity contribution in [1.29, 1.82) is 0 Å². The summed E-state index contributed by atoms with van der Waals surface area (Å²) in [6.45, 7) is 1.39. The lowest BCUT2D eigenvalue weighted by molar-refractivity contribution is -0.138. The molecule has 0 aliphatic heterocycles. The predicted molar refractivity (Wildman–Crippen MR) is 74.7 cm³/mol. The highest BCUT2D eigenvalue weighted by Crippen LogP contribution is 2.18. The molecule has 0 radical (unpaired) electrons. The first-order valence-corrected chi connectivity index (χ1v) is 6.62. The number of hydrogen-bond acceptors (Lipinski definition) is 3. The molecule has 1 aromatic rings. The van der Waals surface area contributed by atoms with Crippen LogP contribution in [0.5, 0.6) is 0 Å². The molecule has 0 saturated carbocycles. The molecule has 6 heteroatoms. The van der Waals surface area contributed by atoms with Crippen LogP contribution in [0.4, 0.5) is 5.69 Å². The van der Waals surface area contributed by atoms with Crippen LogP contribution in [-0.4, -0.2) is 35.9 Å². The molecule has 0 bridgehead atoms. The summed E-state index contributed by atoms with van der Waals surface area (Å²) in [5, 5.41) is 8.81. The van der Waals surface area contributed by atoms with E-state index in [1.54, 1.807) is 12.1 Å². The zero-order valence-corrected chi connectivity index (χ0v) is 11.4. The number of nitrogens with zero attached hydrogens (tertiary/aromatic N) is 1. The molecule has 0 saturated heterocycles. The second-order valence-electron chi connectivity index (χ2n) is 3.77. The summed E-state index contributed by atoms with van der Waals surface area (Å²) in [6.07, 6.45) is 0. The average Bonchev–Trinajstić information content (AvgIpc) is 2.38. The fourth-order valence-corrected chi connectivity index (χ4v) is 2.02. The summed E-state index contributed by atoms with van der Waals surface area (Å²) in [4.78, 5) is 12.8. The number of nitrogens with two attached hydrogens (primary N) is 1. The number of carboxylic acid groups (broad SMARTS) is 1. The lowest BCUT2D eigenvalue weighted by Gasteiger charge is -2.23. The summed E-state index contributed by atoms with van der Waals surface area (Å²) in [5.41, 5.74) is 7.05. The van der Waals surface area contributed by atoms with Gasteiger partial charge in [-0.15, -0.1) is 23.2 Å². The molecule has 100 valence electrons. The second kappa shape index (κ2) is 7.46. The van der Waals surface area contributed by atoms with Crippen molar-refractivity contribution in [2.24, 2.45) is 5.73 Å². The Morgan fingerprint density at radius 2 is 1.72 bits per heavy atom. The molecule has 1 aromatic carbocycles. The van der Waals surface area contributed by atoms with E-state index in [-0.39, 0.29) is 0 Å². The van der Waals surface area contributed by atoms with E-state index in [1.807, 2.05) is 17.0 Å². The fraction of sp³-hybridized carbons (Fsp3) is 0.417. The molecule has 18 heavy (non-hydrogen) atoms. The van der Waals surface area contributed by atoms with Crippen LogP contribution in [0.25, 0.3) is 0 Å². The third-order valence-electron chi connectivity index (χ3n) is 2.59. The van der Waals surface area contributed by atoms with Crippen LogP contribution in [0.2, 0.25) is 0 Å². The van der Waals surface area contributed by atoms with Crippen molar-refractivity contribution in [2.45, 2.75) is 6.04 Å². The third kappa shape index (κ3) is 4.05. The molecule has 0 fully saturated rings. The third-order valence-corrected chi connectivity index (χ3v) is 2.93. The Kier molecular flexibility index (Phi) is 6.25. The van der Waals surface area contributed by atoms with Gasteiger partial charge in [0.25, 0.3) is 0 Å². The van der Waals surface area contributed by atoms with Gasteiger partial charge in [-0.25, -0.2) is 0 Å². The monoisotopic (exact) mass is 290 g/mol. The highest BCUT2D eigenvalue weighted by molar-refractivity contribution is 6.18. The maximum atomic E-state index is 10.8. The van der Waals surface area contributed by atoms with Gasteiger partial charge in [-0.1, -0.05) is 12.1 Å². The van der Waals surface area contributed by atoms with Crippen LogP contribution >= 0.6 is 23.2 Å². The standard InChI is InChI=1S/C12H16Cl2N2O2/c13-5-7-16(8-6-14)10-3-1-9(2-4-10)11(15)12(17)18/h1-4,11H,5-8,15H2,(H,17,18). The molecule has 0 amide bonds. The number of hydrogen-bond donors (Lipinski definition) is 2. The molecular formula is C12H16Cl2N2O2. The first-order chi connectivity index (χ1) is 8.60. The predicted octanol–water partition coefficient (Wildman–Crippen LogP) is 2.05. The highest BCUT2D eigenvalue weighted by atomic mass is 35.5. The number of benzene rings is 1. The van der Waals surface area contributed by atoms with E-state index in [2.05, 4.69) is 0 Å². The first-order valence-electron chi connectivity index (χ1n) is 5.55. The Morgan fingerprint density at radius 3 is 2.11 bits per heavy atom. The summed E-state index contributed by atoms with van der Waals surface area (Å²) in [6, 6.07) is 6.09. The minimum atomic E-state index is -1.04. The molecule has 1 atom stereocenters. The zero-order valence-electron chi connectivity index (χ0n) is 9.85. The summed E-state index contributed by atoms with van der Waals surface area (Å²) >= 11 is 11.4. The first kappa shape index (κ1) is 15.1. The topological polar surface area (TPSA) is 66.6 Å². The van der Waals surface area contributed by atoms with Crippen molar-refractivity contribution < 1.29 is 9.90 Å². The van der Waals surface area contributed by atoms with Gasteiger partial charge < -0.3 is 15.7 Å². The van der Waals surface area contributed by atoms with Crippen LogP contribution < -0.4 is 10.6 Å². The molecule has 1 rings (SSSR count). The maximum Gasteiger partial charge on any atom is 0.325 e. The van der Waals surface area contributed by atoms with Crippen molar-refractivity contribution in [1.82, 2.24) is 0 Å². The Hall–Kier alpha value is -0.970. The average molecular weight is 291 g/mol. The number of carbonyl (C=O) groups is 1. The van der Waals surface area contributed by atoms with Crippen molar-refractivity contribution in [3.8, 4) is 0 Å². The number of carboxylic acids is 1. The second-order valence-corrected chi connectivity index (χ2v) is 4.53. The number of halogens is 2. The Bertz CT molecular complexity index is 378. The van der Waals surface area contributed by atoms with E-state index in [0.717, 1.165) is 5.69 Å². The van der Waals surface area contributed by atoms with Gasteiger partial charge >= 0.3 is 5.97 Å². The Balaban J connectivity index is 2.82. The van der Waals surface area contributed by atoms with Crippen LogP contribution in [0.1, 0.15) is 11.6 Å². The van der Waals surface area contributed by atoms with Crippen LogP contribution in [0.3, 0.4) is 0 Å². The number of rotatable bonds is 7. The van der Waals surface area contributed by atoms with Crippen molar-refractivity contribution >= 4 is 34.9 Å². The largest absolute Gasteiger partial charge is 0.480 e.